The molecule has 0 saturated carbocycles. The summed E-state index contributed by atoms with van der Waals surface area (Å²) in [5.41, 5.74) is -3.41. The van der Waals surface area contributed by atoms with Crippen LogP contribution in [0.1, 0.15) is 19.4 Å². The van der Waals surface area contributed by atoms with E-state index in [1.807, 2.05) is 0 Å². The lowest BCUT2D eigenvalue weighted by molar-refractivity contribution is -0.140. The molecule has 2 rings (SSSR count). The number of carbonyl (C=O) groups excluding carboxylic acids is 2. The summed E-state index contributed by atoms with van der Waals surface area (Å²) in [6.45, 7) is 2.61. The Hall–Kier alpha value is -2.12. The van der Waals surface area contributed by atoms with Crippen LogP contribution in [0.5, 0.6) is 0 Å². The molecule has 2 amide bonds. The molecule has 0 aromatic heterocycles. The molecule has 4 nitrogen and oxygen atoms in total. The lowest BCUT2D eigenvalue weighted by atomic mass is 10.1. The zero-order valence-corrected chi connectivity index (χ0v) is 10.4. The summed E-state index contributed by atoms with van der Waals surface area (Å²) >= 11 is 0. The van der Waals surface area contributed by atoms with E-state index in [9.17, 15) is 27.2 Å². The Morgan fingerprint density at radius 3 is 2.25 bits per heavy atom. The Labute approximate surface area is 110 Å². The number of alkyl halides is 3. The van der Waals surface area contributed by atoms with Gasteiger partial charge in [0.05, 0.1) is 11.3 Å². The van der Waals surface area contributed by atoms with Gasteiger partial charge in [0, 0.05) is 0 Å². The van der Waals surface area contributed by atoms with Gasteiger partial charge in [-0.05, 0) is 32.0 Å². The highest BCUT2D eigenvalue weighted by atomic mass is 19.4. The van der Waals surface area contributed by atoms with Crippen molar-refractivity contribution >= 4 is 17.7 Å². The Balaban J connectivity index is 2.50. The van der Waals surface area contributed by atoms with Crippen molar-refractivity contribution in [3.63, 3.8) is 0 Å². The summed E-state index contributed by atoms with van der Waals surface area (Å²) in [4.78, 5) is 23.9. The van der Waals surface area contributed by atoms with Crippen molar-refractivity contribution < 1.29 is 31.9 Å². The SMILES string of the molecule is CC1(C)OC(=O)N(c2ccc(F)c(C(F)(F)F)c2)C1=O. The van der Waals surface area contributed by atoms with Crippen molar-refractivity contribution in [2.75, 3.05) is 4.90 Å². The largest absolute Gasteiger partial charge is 0.433 e. The molecule has 0 radical (unpaired) electrons. The number of amides is 2. The molecule has 1 aliphatic rings. The summed E-state index contributed by atoms with van der Waals surface area (Å²) in [5.74, 6) is -2.30. The Bertz CT molecular complexity index is 595. The number of ether oxygens (including phenoxy) is 1. The third kappa shape index (κ3) is 2.21. The second-order valence-corrected chi connectivity index (χ2v) is 4.68. The predicted molar refractivity (Wildman–Crippen MR) is 59.4 cm³/mol. The molecule has 1 heterocycles. The third-order valence-electron chi connectivity index (χ3n) is 2.76. The predicted octanol–water partition coefficient (Wildman–Crippen LogP) is 3.11. The average molecular weight is 291 g/mol. The van der Waals surface area contributed by atoms with Crippen LogP contribution >= 0.6 is 0 Å². The molecule has 1 aliphatic heterocycles. The molecule has 1 aromatic rings. The van der Waals surface area contributed by atoms with E-state index in [4.69, 9.17) is 4.74 Å². The molecule has 0 N–H and O–H groups in total. The Kier molecular flexibility index (Phi) is 2.99. The summed E-state index contributed by atoms with van der Waals surface area (Å²) in [6.07, 6.45) is -6.03. The van der Waals surface area contributed by atoms with Gasteiger partial charge in [-0.2, -0.15) is 13.2 Å². The summed E-state index contributed by atoms with van der Waals surface area (Å²) in [6, 6.07) is 1.85. The Morgan fingerprint density at radius 1 is 1.20 bits per heavy atom. The monoisotopic (exact) mass is 291 g/mol. The number of rotatable bonds is 1. The van der Waals surface area contributed by atoms with Crippen LogP contribution in [-0.2, 0) is 15.7 Å². The maximum absolute atomic E-state index is 13.2. The van der Waals surface area contributed by atoms with E-state index in [1.54, 1.807) is 0 Å². The van der Waals surface area contributed by atoms with Crippen LogP contribution in [0, 0.1) is 5.82 Å². The van der Waals surface area contributed by atoms with Crippen molar-refractivity contribution in [3.8, 4) is 0 Å². The number of anilines is 1. The smallest absolute Gasteiger partial charge is 0.422 e. The molecule has 1 fully saturated rings. The van der Waals surface area contributed by atoms with Gasteiger partial charge >= 0.3 is 12.3 Å². The number of halogens is 4. The van der Waals surface area contributed by atoms with E-state index in [1.165, 1.54) is 13.8 Å². The van der Waals surface area contributed by atoms with Crippen LogP contribution in [0.2, 0.25) is 0 Å². The highest BCUT2D eigenvalue weighted by Crippen LogP contribution is 2.36. The lowest BCUT2D eigenvalue weighted by Crippen LogP contribution is -2.36. The standard InChI is InChI=1S/C12H9F4NO3/c1-11(2)9(18)17(10(19)20-11)6-3-4-8(13)7(5-6)12(14,15)16/h3-5H,1-2H3. The minimum Gasteiger partial charge on any atom is -0.433 e. The van der Waals surface area contributed by atoms with Crippen molar-refractivity contribution in [2.24, 2.45) is 0 Å². The van der Waals surface area contributed by atoms with E-state index in [0.717, 1.165) is 6.07 Å². The Morgan fingerprint density at radius 2 is 1.80 bits per heavy atom. The number of imide groups is 1. The van der Waals surface area contributed by atoms with Crippen molar-refractivity contribution in [1.29, 1.82) is 0 Å². The number of hydrogen-bond acceptors (Lipinski definition) is 3. The minimum absolute atomic E-state index is 0.390. The molecule has 1 aromatic carbocycles. The number of cyclic esters (lactones) is 1. The number of benzene rings is 1. The van der Waals surface area contributed by atoms with E-state index >= 15 is 0 Å². The molecule has 0 bridgehead atoms. The van der Waals surface area contributed by atoms with Gasteiger partial charge in [-0.25, -0.2) is 14.1 Å². The number of carbonyl (C=O) groups is 2. The molecular weight excluding hydrogens is 282 g/mol. The van der Waals surface area contributed by atoms with Crippen LogP contribution in [0.4, 0.5) is 28.0 Å². The third-order valence-corrected chi connectivity index (χ3v) is 2.76. The highest BCUT2D eigenvalue weighted by Gasteiger charge is 2.48. The van der Waals surface area contributed by atoms with Gasteiger partial charge in [0.25, 0.3) is 5.91 Å². The quantitative estimate of drug-likeness (QED) is 0.747. The van der Waals surface area contributed by atoms with Crippen LogP contribution in [0.15, 0.2) is 18.2 Å². The van der Waals surface area contributed by atoms with Crippen LogP contribution in [0.3, 0.4) is 0 Å². The fourth-order valence-corrected chi connectivity index (χ4v) is 1.75. The fraction of sp³-hybridized carbons (Fsp3) is 0.333. The molecular formula is C12H9F4NO3. The molecule has 1 saturated heterocycles. The maximum atomic E-state index is 13.2. The van der Waals surface area contributed by atoms with Gasteiger partial charge in [0.2, 0.25) is 0 Å². The van der Waals surface area contributed by atoms with E-state index in [0.29, 0.717) is 17.0 Å². The van der Waals surface area contributed by atoms with Gasteiger partial charge in [-0.3, -0.25) is 4.79 Å². The van der Waals surface area contributed by atoms with Crippen LogP contribution < -0.4 is 4.90 Å². The summed E-state index contributed by atoms with van der Waals surface area (Å²) in [5, 5.41) is 0. The minimum atomic E-state index is -4.93. The first-order valence-electron chi connectivity index (χ1n) is 5.48. The van der Waals surface area contributed by atoms with E-state index < -0.39 is 35.2 Å². The zero-order chi connectivity index (χ0) is 15.3. The molecule has 108 valence electrons. The topological polar surface area (TPSA) is 46.6 Å². The second-order valence-electron chi connectivity index (χ2n) is 4.68. The van der Waals surface area contributed by atoms with Gasteiger partial charge in [0.1, 0.15) is 5.82 Å². The second kappa shape index (κ2) is 4.19. The fourth-order valence-electron chi connectivity index (χ4n) is 1.75. The van der Waals surface area contributed by atoms with E-state index in [2.05, 4.69) is 0 Å². The summed E-state index contributed by atoms with van der Waals surface area (Å²) in [7, 11) is 0. The molecule has 0 aliphatic carbocycles. The molecule has 8 heteroatoms. The van der Waals surface area contributed by atoms with Crippen molar-refractivity contribution in [2.45, 2.75) is 25.6 Å². The van der Waals surface area contributed by atoms with Crippen LogP contribution in [-0.4, -0.2) is 17.6 Å². The van der Waals surface area contributed by atoms with Crippen molar-refractivity contribution in [1.82, 2.24) is 0 Å². The normalized spacial score (nSPS) is 18.4. The molecule has 0 unspecified atom stereocenters. The zero-order valence-electron chi connectivity index (χ0n) is 10.4. The number of hydrogen-bond donors (Lipinski definition) is 0. The van der Waals surface area contributed by atoms with Crippen molar-refractivity contribution in [3.05, 3.63) is 29.6 Å². The molecule has 20 heavy (non-hydrogen) atoms. The van der Waals surface area contributed by atoms with Crippen LogP contribution in [0.25, 0.3) is 0 Å². The van der Waals surface area contributed by atoms with E-state index in [-0.39, 0.29) is 5.69 Å². The van der Waals surface area contributed by atoms with Gasteiger partial charge < -0.3 is 4.74 Å². The molecule has 0 atom stereocenters. The van der Waals surface area contributed by atoms with Gasteiger partial charge in [-0.15, -0.1) is 0 Å². The number of nitrogens with zero attached hydrogens (tertiary/aromatic N) is 1. The van der Waals surface area contributed by atoms with Gasteiger partial charge in [0.15, 0.2) is 5.60 Å². The molecule has 0 spiro atoms. The first-order valence-corrected chi connectivity index (χ1v) is 5.48. The summed E-state index contributed by atoms with van der Waals surface area (Å²) < 4.78 is 55.7. The average Bonchev–Trinajstić information content (AvgIpc) is 2.48. The van der Waals surface area contributed by atoms with Gasteiger partial charge in [-0.1, -0.05) is 0 Å². The highest BCUT2D eigenvalue weighted by molar-refractivity contribution is 6.19. The first kappa shape index (κ1) is 14.3. The lowest BCUT2D eigenvalue weighted by Gasteiger charge is -2.15. The maximum Gasteiger partial charge on any atom is 0.422 e. The first-order chi connectivity index (χ1) is 9.04.